The van der Waals surface area contributed by atoms with Crippen LogP contribution in [0.4, 0.5) is 5.69 Å². The van der Waals surface area contributed by atoms with Gasteiger partial charge in [-0.05, 0) is 30.3 Å². The van der Waals surface area contributed by atoms with Gasteiger partial charge in [0, 0.05) is 11.9 Å². The van der Waals surface area contributed by atoms with Gasteiger partial charge in [-0.25, -0.2) is 14.3 Å². The molecule has 0 unspecified atom stereocenters. The van der Waals surface area contributed by atoms with Crippen molar-refractivity contribution in [1.82, 2.24) is 10.4 Å². The van der Waals surface area contributed by atoms with Crippen LogP contribution in [-0.2, 0) is 10.0 Å². The molecule has 2 aromatic rings. The normalized spacial score (nSPS) is 11.0. The predicted molar refractivity (Wildman–Crippen MR) is 76.2 cm³/mol. The van der Waals surface area contributed by atoms with Crippen LogP contribution in [0.2, 0.25) is 0 Å². The molecule has 0 bridgehead atoms. The van der Waals surface area contributed by atoms with E-state index < -0.39 is 15.9 Å². The number of H-pyrrole nitrogens is 1. The first-order valence-electron chi connectivity index (χ1n) is 5.82. The maximum absolute atomic E-state index is 12.2. The minimum atomic E-state index is -3.80. The van der Waals surface area contributed by atoms with E-state index >= 15 is 0 Å². The summed E-state index contributed by atoms with van der Waals surface area (Å²) in [5, 5.41) is 0. The van der Waals surface area contributed by atoms with Gasteiger partial charge in [0.1, 0.15) is 16.3 Å². The van der Waals surface area contributed by atoms with E-state index in [0.717, 1.165) is 0 Å². The fourth-order valence-corrected chi connectivity index (χ4v) is 2.66. The van der Waals surface area contributed by atoms with Crippen molar-refractivity contribution in [3.8, 4) is 5.75 Å². The van der Waals surface area contributed by atoms with Gasteiger partial charge in [0.05, 0.1) is 7.11 Å². The molecule has 8 nitrogen and oxygen atoms in total. The minimum Gasteiger partial charge on any atom is -0.497 e. The summed E-state index contributed by atoms with van der Waals surface area (Å²) in [6, 6.07) is 7.58. The van der Waals surface area contributed by atoms with E-state index in [4.69, 9.17) is 10.6 Å². The quantitative estimate of drug-likeness (QED) is 0.362. The second-order valence-electron chi connectivity index (χ2n) is 4.06. The number of aromatic nitrogens is 1. The number of nitrogens with two attached hydrogens (primary N) is 1. The lowest BCUT2D eigenvalue weighted by Gasteiger charge is -2.07. The maximum Gasteiger partial charge on any atom is 0.281 e. The van der Waals surface area contributed by atoms with Crippen LogP contribution in [-0.4, -0.2) is 26.4 Å². The number of carbonyl (C=O) groups excluding carboxylic acids is 1. The zero-order valence-electron chi connectivity index (χ0n) is 11.1. The van der Waals surface area contributed by atoms with Crippen molar-refractivity contribution in [2.75, 3.05) is 11.8 Å². The number of anilines is 1. The Morgan fingerprint density at radius 1 is 1.29 bits per heavy atom. The summed E-state index contributed by atoms with van der Waals surface area (Å²) < 4.78 is 31.7. The lowest BCUT2D eigenvalue weighted by molar-refractivity contribution is 0.0949. The Bertz CT molecular complexity index is 737. The lowest BCUT2D eigenvalue weighted by Crippen LogP contribution is -2.30. The molecule has 0 aliphatic rings. The van der Waals surface area contributed by atoms with Crippen molar-refractivity contribution < 1.29 is 17.9 Å². The number of ether oxygens (including phenoxy) is 1. The molecule has 0 saturated carbocycles. The lowest BCUT2D eigenvalue weighted by atomic mass is 10.3. The molecule has 5 N–H and O–H groups in total. The number of nitrogen functional groups attached to an aromatic ring is 1. The molecule has 0 fully saturated rings. The van der Waals surface area contributed by atoms with Crippen LogP contribution in [0.5, 0.6) is 5.75 Å². The average molecular weight is 310 g/mol. The van der Waals surface area contributed by atoms with Gasteiger partial charge >= 0.3 is 0 Å². The van der Waals surface area contributed by atoms with Crippen molar-refractivity contribution in [1.29, 1.82) is 0 Å². The zero-order valence-corrected chi connectivity index (χ0v) is 11.9. The Morgan fingerprint density at radius 2 is 1.95 bits per heavy atom. The highest BCUT2D eigenvalue weighted by atomic mass is 32.2. The predicted octanol–water partition coefficient (Wildman–Crippen LogP) is 0.428. The number of hydrogen-bond acceptors (Lipinski definition) is 5. The molecule has 1 aromatic carbocycles. The van der Waals surface area contributed by atoms with Crippen molar-refractivity contribution in [2.24, 2.45) is 5.84 Å². The van der Waals surface area contributed by atoms with Crippen LogP contribution in [0.3, 0.4) is 0 Å². The number of aromatic amines is 1. The Labute approximate surface area is 121 Å². The molecule has 112 valence electrons. The summed E-state index contributed by atoms with van der Waals surface area (Å²) in [4.78, 5) is 13.7. The summed E-state index contributed by atoms with van der Waals surface area (Å²) in [7, 11) is -2.28. The Kier molecular flexibility index (Phi) is 4.15. The van der Waals surface area contributed by atoms with Crippen LogP contribution < -0.4 is 20.7 Å². The first-order valence-corrected chi connectivity index (χ1v) is 7.31. The number of amides is 1. The largest absolute Gasteiger partial charge is 0.497 e. The first kappa shape index (κ1) is 14.9. The van der Waals surface area contributed by atoms with Gasteiger partial charge in [0.15, 0.2) is 0 Å². The topological polar surface area (TPSA) is 126 Å². The van der Waals surface area contributed by atoms with Crippen LogP contribution in [0.15, 0.2) is 41.4 Å². The monoisotopic (exact) mass is 310 g/mol. The molecule has 0 spiro atoms. The maximum atomic E-state index is 12.2. The third-order valence-corrected chi connectivity index (χ3v) is 4.05. The molecule has 0 aliphatic heterocycles. The van der Waals surface area contributed by atoms with Crippen molar-refractivity contribution in [3.63, 3.8) is 0 Å². The third kappa shape index (κ3) is 3.33. The summed E-state index contributed by atoms with van der Waals surface area (Å²) in [6.07, 6.45) is 1.20. The number of carbonyl (C=O) groups is 1. The van der Waals surface area contributed by atoms with Crippen molar-refractivity contribution >= 4 is 21.6 Å². The molecule has 9 heteroatoms. The van der Waals surface area contributed by atoms with Gasteiger partial charge in [-0.2, -0.15) is 0 Å². The average Bonchev–Trinajstić information content (AvgIpc) is 2.97. The highest BCUT2D eigenvalue weighted by Gasteiger charge is 2.18. The number of sulfonamides is 1. The standard InChI is InChI=1S/C12H14N4O4S/c1-20-9-4-2-8(3-5-9)16-21(18,19)10-6-11(14-7-10)12(17)15-13/h2-7,14,16H,13H2,1H3,(H,15,17). The Morgan fingerprint density at radius 3 is 2.52 bits per heavy atom. The second kappa shape index (κ2) is 5.85. The molecule has 0 aliphatic carbocycles. The molecule has 1 heterocycles. The van der Waals surface area contributed by atoms with E-state index in [0.29, 0.717) is 11.4 Å². The second-order valence-corrected chi connectivity index (χ2v) is 5.74. The smallest absolute Gasteiger partial charge is 0.281 e. The number of nitrogens with one attached hydrogen (secondary N) is 3. The van der Waals surface area contributed by atoms with Gasteiger partial charge < -0.3 is 9.72 Å². The fraction of sp³-hybridized carbons (Fsp3) is 0.0833. The van der Waals surface area contributed by atoms with Crippen LogP contribution in [0.1, 0.15) is 10.5 Å². The van der Waals surface area contributed by atoms with Crippen molar-refractivity contribution in [2.45, 2.75) is 4.90 Å². The highest BCUT2D eigenvalue weighted by Crippen LogP contribution is 2.19. The van der Waals surface area contributed by atoms with E-state index in [2.05, 4.69) is 9.71 Å². The summed E-state index contributed by atoms with van der Waals surface area (Å²) in [5.41, 5.74) is 2.33. The molecular weight excluding hydrogens is 296 g/mol. The summed E-state index contributed by atoms with van der Waals surface area (Å²) in [5.74, 6) is 4.98. The molecule has 1 amide bonds. The van der Waals surface area contributed by atoms with Gasteiger partial charge in [0.2, 0.25) is 0 Å². The SMILES string of the molecule is COc1ccc(NS(=O)(=O)c2c[nH]c(C(=O)NN)c2)cc1. The van der Waals surface area contributed by atoms with Gasteiger partial charge in [-0.15, -0.1) is 0 Å². The van der Waals surface area contributed by atoms with Crippen LogP contribution in [0, 0.1) is 0 Å². The molecule has 1 aromatic heterocycles. The minimum absolute atomic E-state index is 0.0487. The molecule has 0 radical (unpaired) electrons. The summed E-state index contributed by atoms with van der Waals surface area (Å²) in [6.45, 7) is 0. The molecule has 2 rings (SSSR count). The number of benzene rings is 1. The Balaban J connectivity index is 2.21. The van der Waals surface area contributed by atoms with E-state index in [1.807, 2.05) is 5.43 Å². The van der Waals surface area contributed by atoms with Gasteiger partial charge in [-0.3, -0.25) is 14.9 Å². The van der Waals surface area contributed by atoms with E-state index in [9.17, 15) is 13.2 Å². The van der Waals surface area contributed by atoms with E-state index in [1.54, 1.807) is 24.3 Å². The highest BCUT2D eigenvalue weighted by molar-refractivity contribution is 7.92. The molecule has 0 saturated heterocycles. The molecule has 21 heavy (non-hydrogen) atoms. The van der Waals surface area contributed by atoms with E-state index in [-0.39, 0.29) is 10.6 Å². The van der Waals surface area contributed by atoms with Crippen molar-refractivity contribution in [3.05, 3.63) is 42.2 Å². The van der Waals surface area contributed by atoms with E-state index in [1.165, 1.54) is 19.4 Å². The number of hydrazine groups is 1. The van der Waals surface area contributed by atoms with Gasteiger partial charge in [0.25, 0.3) is 15.9 Å². The fourth-order valence-electron chi connectivity index (χ4n) is 1.61. The van der Waals surface area contributed by atoms with Crippen LogP contribution >= 0.6 is 0 Å². The first-order chi connectivity index (χ1) is 9.96. The zero-order chi connectivity index (χ0) is 15.5. The Hall–Kier alpha value is -2.52. The molecular formula is C12H14N4O4S. The number of hydrogen-bond donors (Lipinski definition) is 4. The third-order valence-electron chi connectivity index (χ3n) is 2.68. The van der Waals surface area contributed by atoms with Crippen LogP contribution in [0.25, 0.3) is 0 Å². The molecule has 0 atom stereocenters. The number of rotatable bonds is 5. The number of methoxy groups -OCH3 is 1. The van der Waals surface area contributed by atoms with Gasteiger partial charge in [-0.1, -0.05) is 0 Å². The summed E-state index contributed by atoms with van der Waals surface area (Å²) >= 11 is 0.